The van der Waals surface area contributed by atoms with Gasteiger partial charge in [0.05, 0.1) is 13.7 Å². The Morgan fingerprint density at radius 3 is 2.42 bits per heavy atom. The van der Waals surface area contributed by atoms with Gasteiger partial charge < -0.3 is 14.8 Å². The maximum Gasteiger partial charge on any atom is 0.334 e. The Kier molecular flexibility index (Phi) is 4.10. The standard InChI is InChI=1S/C15H21NO3/c1-11-4-8-13(9-5-11)16-15(10-18-2,12-6-7-12)14(17)19-3/h4-5,8-9,12,16H,6-7,10H2,1-3H3. The Labute approximate surface area is 114 Å². The Hall–Kier alpha value is -1.55. The van der Waals surface area contributed by atoms with Crippen LogP contribution in [0.1, 0.15) is 18.4 Å². The van der Waals surface area contributed by atoms with E-state index in [-0.39, 0.29) is 11.9 Å². The van der Waals surface area contributed by atoms with Crippen LogP contribution >= 0.6 is 0 Å². The van der Waals surface area contributed by atoms with Crippen molar-refractivity contribution in [2.24, 2.45) is 5.92 Å². The Balaban J connectivity index is 2.26. The number of carbonyl (C=O) groups excluding carboxylic acids is 1. The van der Waals surface area contributed by atoms with E-state index in [1.54, 1.807) is 7.11 Å². The smallest absolute Gasteiger partial charge is 0.334 e. The molecule has 1 aromatic rings. The maximum atomic E-state index is 12.2. The maximum absolute atomic E-state index is 12.2. The molecule has 0 bridgehead atoms. The lowest BCUT2D eigenvalue weighted by molar-refractivity contribution is -0.149. The van der Waals surface area contributed by atoms with Crippen LogP contribution in [0, 0.1) is 12.8 Å². The molecule has 0 aliphatic heterocycles. The molecular formula is C15H21NO3. The van der Waals surface area contributed by atoms with Crippen molar-refractivity contribution in [3.05, 3.63) is 29.8 Å². The molecule has 0 aromatic heterocycles. The first-order valence-electron chi connectivity index (χ1n) is 6.54. The molecule has 1 fully saturated rings. The summed E-state index contributed by atoms with van der Waals surface area (Å²) < 4.78 is 10.2. The summed E-state index contributed by atoms with van der Waals surface area (Å²) in [6.45, 7) is 2.35. The molecule has 0 amide bonds. The Bertz CT molecular complexity index is 439. The first kappa shape index (κ1) is 13.9. The van der Waals surface area contributed by atoms with Crippen molar-refractivity contribution in [1.29, 1.82) is 0 Å². The molecule has 1 saturated carbocycles. The van der Waals surface area contributed by atoms with E-state index in [9.17, 15) is 4.79 Å². The second-order valence-electron chi connectivity index (χ2n) is 5.16. The first-order valence-corrected chi connectivity index (χ1v) is 6.54. The van der Waals surface area contributed by atoms with Crippen LogP contribution in [0.15, 0.2) is 24.3 Å². The molecule has 0 heterocycles. The van der Waals surface area contributed by atoms with E-state index in [1.807, 2.05) is 31.2 Å². The monoisotopic (exact) mass is 263 g/mol. The summed E-state index contributed by atoms with van der Waals surface area (Å²) in [6, 6.07) is 7.99. The zero-order chi connectivity index (χ0) is 13.9. The molecule has 19 heavy (non-hydrogen) atoms. The van der Waals surface area contributed by atoms with Gasteiger partial charge in [0.2, 0.25) is 0 Å². The second kappa shape index (κ2) is 5.61. The molecule has 4 heteroatoms. The molecule has 1 aliphatic carbocycles. The third-order valence-electron chi connectivity index (χ3n) is 3.61. The van der Waals surface area contributed by atoms with Crippen molar-refractivity contribution >= 4 is 11.7 Å². The van der Waals surface area contributed by atoms with Gasteiger partial charge in [0.15, 0.2) is 5.54 Å². The molecule has 1 unspecified atom stereocenters. The number of methoxy groups -OCH3 is 2. The molecular weight excluding hydrogens is 242 g/mol. The quantitative estimate of drug-likeness (QED) is 0.800. The molecule has 1 N–H and O–H groups in total. The van der Waals surface area contributed by atoms with Crippen LogP contribution in [0.25, 0.3) is 0 Å². The first-order chi connectivity index (χ1) is 9.12. The summed E-state index contributed by atoms with van der Waals surface area (Å²) in [5, 5.41) is 3.33. The molecule has 104 valence electrons. The van der Waals surface area contributed by atoms with Gasteiger partial charge in [-0.25, -0.2) is 4.79 Å². The Morgan fingerprint density at radius 2 is 1.95 bits per heavy atom. The predicted octanol–water partition coefficient (Wildman–Crippen LogP) is 2.38. The zero-order valence-corrected chi connectivity index (χ0v) is 11.7. The van der Waals surface area contributed by atoms with Gasteiger partial charge in [-0.2, -0.15) is 0 Å². The van der Waals surface area contributed by atoms with E-state index in [1.165, 1.54) is 12.7 Å². The Morgan fingerprint density at radius 1 is 1.32 bits per heavy atom. The lowest BCUT2D eigenvalue weighted by atomic mass is 9.93. The van der Waals surface area contributed by atoms with Gasteiger partial charge in [0.1, 0.15) is 0 Å². The number of nitrogens with one attached hydrogen (secondary N) is 1. The van der Waals surface area contributed by atoms with Gasteiger partial charge >= 0.3 is 5.97 Å². The minimum atomic E-state index is -0.765. The largest absolute Gasteiger partial charge is 0.467 e. The fourth-order valence-corrected chi connectivity index (χ4v) is 2.41. The van der Waals surface area contributed by atoms with Gasteiger partial charge in [-0.15, -0.1) is 0 Å². The normalized spacial score (nSPS) is 17.6. The van der Waals surface area contributed by atoms with E-state index in [0.717, 1.165) is 18.5 Å². The van der Waals surface area contributed by atoms with Crippen molar-refractivity contribution in [1.82, 2.24) is 0 Å². The fourth-order valence-electron chi connectivity index (χ4n) is 2.41. The molecule has 0 spiro atoms. The zero-order valence-electron chi connectivity index (χ0n) is 11.7. The number of benzene rings is 1. The van der Waals surface area contributed by atoms with Crippen LogP contribution in [0.2, 0.25) is 0 Å². The molecule has 4 nitrogen and oxygen atoms in total. The number of hydrogen-bond donors (Lipinski definition) is 1. The molecule has 0 radical (unpaired) electrons. The SMILES string of the molecule is COCC(Nc1ccc(C)cc1)(C(=O)OC)C1CC1. The topological polar surface area (TPSA) is 47.6 Å². The van der Waals surface area contributed by atoms with Crippen LogP contribution in [-0.4, -0.2) is 32.3 Å². The van der Waals surface area contributed by atoms with Crippen molar-refractivity contribution in [3.8, 4) is 0 Å². The fraction of sp³-hybridized carbons (Fsp3) is 0.533. The van der Waals surface area contributed by atoms with Crippen LogP contribution in [0.3, 0.4) is 0 Å². The summed E-state index contributed by atoms with van der Waals surface area (Å²) in [5.41, 5.74) is 1.34. The van der Waals surface area contributed by atoms with Gasteiger partial charge in [0.25, 0.3) is 0 Å². The third kappa shape index (κ3) is 2.89. The summed E-state index contributed by atoms with van der Waals surface area (Å²) in [5.74, 6) is 0.0265. The summed E-state index contributed by atoms with van der Waals surface area (Å²) in [4.78, 5) is 12.2. The number of anilines is 1. The highest BCUT2D eigenvalue weighted by Gasteiger charge is 2.52. The minimum absolute atomic E-state index is 0.252. The number of rotatable bonds is 6. The summed E-state index contributed by atoms with van der Waals surface area (Å²) in [6.07, 6.45) is 2.05. The number of esters is 1. The highest BCUT2D eigenvalue weighted by molar-refractivity contribution is 5.85. The molecule has 2 rings (SSSR count). The number of aryl methyl sites for hydroxylation is 1. The van der Waals surface area contributed by atoms with E-state index in [2.05, 4.69) is 5.32 Å². The lowest BCUT2D eigenvalue weighted by Crippen LogP contribution is -2.53. The predicted molar refractivity (Wildman–Crippen MR) is 74.1 cm³/mol. The molecule has 1 aromatic carbocycles. The average molecular weight is 263 g/mol. The number of ether oxygens (including phenoxy) is 2. The van der Waals surface area contributed by atoms with Crippen molar-refractivity contribution in [2.45, 2.75) is 25.3 Å². The summed E-state index contributed by atoms with van der Waals surface area (Å²) in [7, 11) is 3.03. The molecule has 0 saturated heterocycles. The van der Waals surface area contributed by atoms with E-state index in [4.69, 9.17) is 9.47 Å². The van der Waals surface area contributed by atoms with Crippen LogP contribution < -0.4 is 5.32 Å². The van der Waals surface area contributed by atoms with Crippen molar-refractivity contribution < 1.29 is 14.3 Å². The minimum Gasteiger partial charge on any atom is -0.467 e. The number of hydrogen-bond acceptors (Lipinski definition) is 4. The second-order valence-corrected chi connectivity index (χ2v) is 5.16. The van der Waals surface area contributed by atoms with Gasteiger partial charge in [-0.3, -0.25) is 0 Å². The third-order valence-corrected chi connectivity index (χ3v) is 3.61. The lowest BCUT2D eigenvalue weighted by Gasteiger charge is -2.32. The number of carbonyl (C=O) groups is 1. The molecule has 1 aliphatic rings. The molecule has 1 atom stereocenters. The van der Waals surface area contributed by atoms with E-state index >= 15 is 0 Å². The van der Waals surface area contributed by atoms with Crippen molar-refractivity contribution in [2.75, 3.05) is 26.1 Å². The van der Waals surface area contributed by atoms with Gasteiger partial charge in [-0.1, -0.05) is 17.7 Å². The summed E-state index contributed by atoms with van der Waals surface area (Å²) >= 11 is 0. The van der Waals surface area contributed by atoms with Crippen LogP contribution in [0.5, 0.6) is 0 Å². The van der Waals surface area contributed by atoms with Crippen molar-refractivity contribution in [3.63, 3.8) is 0 Å². The van der Waals surface area contributed by atoms with Gasteiger partial charge in [-0.05, 0) is 37.8 Å². The highest BCUT2D eigenvalue weighted by atomic mass is 16.5. The van der Waals surface area contributed by atoms with E-state index < -0.39 is 5.54 Å². The van der Waals surface area contributed by atoms with Crippen LogP contribution in [0.4, 0.5) is 5.69 Å². The van der Waals surface area contributed by atoms with Gasteiger partial charge in [0, 0.05) is 12.8 Å². The van der Waals surface area contributed by atoms with E-state index in [0.29, 0.717) is 6.61 Å². The average Bonchev–Trinajstić information content (AvgIpc) is 3.24. The van der Waals surface area contributed by atoms with Crippen LogP contribution in [-0.2, 0) is 14.3 Å². The highest BCUT2D eigenvalue weighted by Crippen LogP contribution is 2.42.